The molecule has 0 aliphatic heterocycles. The number of hydrogen-bond acceptors (Lipinski definition) is 4. The van der Waals surface area contributed by atoms with Gasteiger partial charge in [0, 0.05) is 0 Å². The minimum atomic E-state index is -0.538. The van der Waals surface area contributed by atoms with E-state index in [1.807, 2.05) is 41.5 Å². The summed E-state index contributed by atoms with van der Waals surface area (Å²) < 4.78 is 10.8. The van der Waals surface area contributed by atoms with Crippen LogP contribution in [-0.4, -0.2) is 24.1 Å². The van der Waals surface area contributed by atoms with E-state index in [9.17, 15) is 9.70 Å². The predicted octanol–water partition coefficient (Wildman–Crippen LogP) is 4.07. The number of carbonyl (C=O) groups is 1. The van der Waals surface area contributed by atoms with E-state index in [1.165, 1.54) is 0 Å². The molecule has 23 heavy (non-hydrogen) atoms. The van der Waals surface area contributed by atoms with E-state index in [2.05, 4.69) is 25.6 Å². The van der Waals surface area contributed by atoms with Gasteiger partial charge in [-0.15, -0.1) is 0 Å². The Morgan fingerprint density at radius 3 is 1.91 bits per heavy atom. The lowest BCUT2D eigenvalue weighted by molar-refractivity contribution is -0.159. The molecule has 5 heteroatoms. The number of nitrogens with zero attached hydrogens (tertiary/aromatic N) is 1. The standard InChI is InChI=1S/C18H34NO4/c1-10-18(8,9)23-14(20)12-22-15(19-21)13(17(5,6)7)11-16(2,3)4/h13H,10-12H2,1-9H3/q+1. The summed E-state index contributed by atoms with van der Waals surface area (Å²) in [4.78, 5) is 26.2. The summed E-state index contributed by atoms with van der Waals surface area (Å²) in [5.41, 5.74) is -0.713. The molecular formula is C18H34NO4+. The van der Waals surface area contributed by atoms with E-state index in [0.29, 0.717) is 6.42 Å². The third kappa shape index (κ3) is 8.75. The van der Waals surface area contributed by atoms with Crippen LogP contribution in [0.3, 0.4) is 0 Å². The lowest BCUT2D eigenvalue weighted by atomic mass is 9.72. The highest BCUT2D eigenvalue weighted by atomic mass is 16.6. The summed E-state index contributed by atoms with van der Waals surface area (Å²) in [7, 11) is 0. The van der Waals surface area contributed by atoms with Crippen LogP contribution in [0.1, 0.15) is 75.2 Å². The zero-order valence-corrected chi connectivity index (χ0v) is 16.3. The highest BCUT2D eigenvalue weighted by Gasteiger charge is 2.42. The van der Waals surface area contributed by atoms with E-state index in [4.69, 9.17) is 9.47 Å². The van der Waals surface area contributed by atoms with Crippen molar-refractivity contribution in [3.05, 3.63) is 4.91 Å². The molecule has 0 aromatic rings. The molecule has 0 fully saturated rings. The Morgan fingerprint density at radius 2 is 1.57 bits per heavy atom. The number of carbonyl (C=O) groups excluding carboxylic acids is 1. The van der Waals surface area contributed by atoms with Gasteiger partial charge in [0.05, 0.1) is 0 Å². The van der Waals surface area contributed by atoms with E-state index >= 15 is 0 Å². The first kappa shape index (κ1) is 21.6. The van der Waals surface area contributed by atoms with Gasteiger partial charge in [-0.05, 0) is 37.5 Å². The maximum atomic E-state index is 11.9. The molecule has 0 spiro atoms. The van der Waals surface area contributed by atoms with Gasteiger partial charge in [-0.3, -0.25) is 0 Å². The zero-order chi connectivity index (χ0) is 18.5. The summed E-state index contributed by atoms with van der Waals surface area (Å²) in [5.74, 6) is -0.563. The highest BCUT2D eigenvalue weighted by molar-refractivity contribution is 5.81. The van der Waals surface area contributed by atoms with Crippen LogP contribution in [0.25, 0.3) is 0 Å². The predicted molar refractivity (Wildman–Crippen MR) is 93.9 cm³/mol. The summed E-state index contributed by atoms with van der Waals surface area (Å²) in [5, 5.41) is 0. The van der Waals surface area contributed by atoms with Crippen LogP contribution >= 0.6 is 0 Å². The first-order valence-electron chi connectivity index (χ1n) is 8.26. The molecule has 0 aliphatic carbocycles. The second-order valence-electron chi connectivity index (χ2n) is 8.99. The quantitative estimate of drug-likeness (QED) is 0.319. The second-order valence-corrected chi connectivity index (χ2v) is 8.99. The number of hydrogen-bond donors (Lipinski definition) is 0. The number of nitroso groups, excluding NO2 is 1. The molecule has 134 valence electrons. The molecule has 0 amide bonds. The van der Waals surface area contributed by atoms with Crippen molar-refractivity contribution in [2.45, 2.75) is 80.8 Å². The fourth-order valence-corrected chi connectivity index (χ4v) is 2.11. The smallest absolute Gasteiger partial charge is 0.457 e. The maximum Gasteiger partial charge on any atom is 0.536 e. The lowest BCUT2D eigenvalue weighted by Gasteiger charge is -2.31. The van der Waals surface area contributed by atoms with Crippen LogP contribution < -0.4 is 4.85 Å². The first-order chi connectivity index (χ1) is 10.2. The molecule has 0 radical (unpaired) electrons. The molecule has 0 N–H and O–H groups in total. The van der Waals surface area contributed by atoms with Gasteiger partial charge in [-0.25, -0.2) is 4.79 Å². The number of esters is 1. The topological polar surface area (TPSA) is 66.7 Å². The Bertz CT molecular complexity index is 449. The number of rotatable bonds is 6. The zero-order valence-electron chi connectivity index (χ0n) is 16.3. The summed E-state index contributed by atoms with van der Waals surface area (Å²) >= 11 is 0. The van der Waals surface area contributed by atoms with E-state index in [1.54, 1.807) is 0 Å². The van der Waals surface area contributed by atoms with Crippen LogP contribution in [0, 0.1) is 21.7 Å². The minimum Gasteiger partial charge on any atom is -0.457 e. The summed E-state index contributed by atoms with van der Waals surface area (Å²) in [6.07, 6.45) is 1.45. The van der Waals surface area contributed by atoms with E-state index < -0.39 is 11.6 Å². The van der Waals surface area contributed by atoms with Crippen LogP contribution in [0.4, 0.5) is 0 Å². The maximum absolute atomic E-state index is 11.9. The minimum absolute atomic E-state index is 0.0158. The Morgan fingerprint density at radius 1 is 1.04 bits per heavy atom. The fourth-order valence-electron chi connectivity index (χ4n) is 2.11. The molecule has 1 unspecified atom stereocenters. The van der Waals surface area contributed by atoms with Gasteiger partial charge in [0.1, 0.15) is 11.5 Å². The van der Waals surface area contributed by atoms with E-state index in [-0.39, 0.29) is 29.3 Å². The molecule has 1 atom stereocenters. The normalized spacial score (nSPS) is 14.0. The van der Waals surface area contributed by atoms with Crippen molar-refractivity contribution in [1.82, 2.24) is 4.85 Å². The molecular weight excluding hydrogens is 294 g/mol. The van der Waals surface area contributed by atoms with Crippen molar-refractivity contribution in [3.63, 3.8) is 0 Å². The number of ether oxygens (including phenoxy) is 2. The van der Waals surface area contributed by atoms with Crippen LogP contribution in [0.5, 0.6) is 0 Å². The van der Waals surface area contributed by atoms with Crippen molar-refractivity contribution in [3.8, 4) is 0 Å². The van der Waals surface area contributed by atoms with Gasteiger partial charge in [-0.2, -0.15) is 0 Å². The molecule has 0 aromatic heterocycles. The Labute approximate surface area is 140 Å². The lowest BCUT2D eigenvalue weighted by Crippen LogP contribution is -2.37. The highest BCUT2D eigenvalue weighted by Crippen LogP contribution is 2.36. The monoisotopic (exact) mass is 328 g/mol. The van der Waals surface area contributed by atoms with Crippen molar-refractivity contribution in [2.24, 2.45) is 16.7 Å². The molecule has 0 rings (SSSR count). The summed E-state index contributed by atoms with van der Waals surface area (Å²) in [6, 6.07) is 0. The van der Waals surface area contributed by atoms with Gasteiger partial charge in [0.25, 0.3) is 4.85 Å². The Kier molecular flexibility index (Phi) is 7.49. The molecule has 0 bridgehead atoms. The largest absolute Gasteiger partial charge is 0.536 e. The third-order valence-corrected chi connectivity index (χ3v) is 3.83. The van der Waals surface area contributed by atoms with Crippen molar-refractivity contribution in [1.29, 1.82) is 0 Å². The SMILES string of the molecule is CCC(C)(C)OC(=O)COC(=[N+]=O)C(CC(C)(C)C)C(C)(C)C. The molecule has 0 heterocycles. The van der Waals surface area contributed by atoms with Gasteiger partial charge in [0.2, 0.25) is 0 Å². The van der Waals surface area contributed by atoms with Gasteiger partial charge in [-0.1, -0.05) is 48.5 Å². The van der Waals surface area contributed by atoms with Crippen molar-refractivity contribution >= 4 is 11.9 Å². The van der Waals surface area contributed by atoms with E-state index in [0.717, 1.165) is 6.42 Å². The molecule has 0 aromatic carbocycles. The van der Waals surface area contributed by atoms with Crippen LogP contribution in [0.2, 0.25) is 0 Å². The first-order valence-corrected chi connectivity index (χ1v) is 8.26. The van der Waals surface area contributed by atoms with Crippen molar-refractivity contribution < 1.29 is 14.3 Å². The third-order valence-electron chi connectivity index (χ3n) is 3.83. The Hall–Kier alpha value is -1.35. The van der Waals surface area contributed by atoms with Crippen LogP contribution in [-0.2, 0) is 14.3 Å². The molecule has 0 saturated heterocycles. The van der Waals surface area contributed by atoms with Crippen molar-refractivity contribution in [2.75, 3.05) is 6.61 Å². The van der Waals surface area contributed by atoms with Gasteiger partial charge < -0.3 is 9.47 Å². The average Bonchev–Trinajstić information content (AvgIpc) is 2.35. The molecule has 0 aliphatic rings. The molecule has 5 nitrogen and oxygen atoms in total. The fraction of sp³-hybridized carbons (Fsp3) is 0.889. The van der Waals surface area contributed by atoms with Gasteiger partial charge >= 0.3 is 11.9 Å². The van der Waals surface area contributed by atoms with Crippen LogP contribution in [0.15, 0.2) is 0 Å². The average molecular weight is 328 g/mol. The van der Waals surface area contributed by atoms with Gasteiger partial charge in [0.15, 0.2) is 11.5 Å². The Balaban J connectivity index is 4.99. The second kappa shape index (κ2) is 7.96. The molecule has 0 saturated carbocycles. The summed E-state index contributed by atoms with van der Waals surface area (Å²) in [6.45, 7) is 17.8.